The minimum atomic E-state index is -2.11. The van der Waals surface area contributed by atoms with Gasteiger partial charge in [0.25, 0.3) is 0 Å². The van der Waals surface area contributed by atoms with E-state index in [4.69, 9.17) is 20.1 Å². The second-order valence-electron chi connectivity index (χ2n) is 5.59. The summed E-state index contributed by atoms with van der Waals surface area (Å²) in [5.41, 5.74) is -2.11. The van der Waals surface area contributed by atoms with Crippen LogP contribution < -0.4 is 5.32 Å². The highest BCUT2D eigenvalue weighted by molar-refractivity contribution is 5.98. The van der Waals surface area contributed by atoms with Crippen LogP contribution in [-0.4, -0.2) is 59.5 Å². The molecule has 0 saturated heterocycles. The molecule has 0 aromatic rings. The van der Waals surface area contributed by atoms with E-state index in [2.05, 4.69) is 5.32 Å². The van der Waals surface area contributed by atoms with Gasteiger partial charge in [-0.2, -0.15) is 0 Å². The van der Waals surface area contributed by atoms with Crippen molar-refractivity contribution in [1.29, 1.82) is 0 Å². The number of rotatable bonds is 14. The number of nitrogens with one attached hydrogen (secondary N) is 1. The molecule has 0 rings (SSSR count). The number of carboxylic acids is 2. The number of hydrogen-bond acceptors (Lipinski definition) is 6. The number of esters is 1. The van der Waals surface area contributed by atoms with Crippen molar-refractivity contribution < 1.29 is 34.4 Å². The fourth-order valence-corrected chi connectivity index (χ4v) is 1.77. The molecule has 0 saturated carbocycles. The molecule has 0 amide bonds. The van der Waals surface area contributed by atoms with E-state index < -0.39 is 29.9 Å². The van der Waals surface area contributed by atoms with Crippen LogP contribution in [0, 0.1) is 5.41 Å². The third-order valence-corrected chi connectivity index (χ3v) is 3.49. The second kappa shape index (κ2) is 11.8. The van der Waals surface area contributed by atoms with Crippen LogP contribution in [-0.2, 0) is 19.1 Å². The number of aliphatic hydroxyl groups is 1. The number of carbonyl (C=O) groups excluding carboxylic acids is 1. The fraction of sp³-hybridized carbons (Fsp3) is 0.800. The minimum absolute atomic E-state index is 0.130. The van der Waals surface area contributed by atoms with Crippen LogP contribution in [0.4, 0.5) is 0 Å². The van der Waals surface area contributed by atoms with Crippen molar-refractivity contribution in [3.8, 4) is 0 Å². The van der Waals surface area contributed by atoms with Crippen LogP contribution in [0.1, 0.15) is 45.4 Å². The van der Waals surface area contributed by atoms with Gasteiger partial charge < -0.3 is 25.4 Å². The molecule has 0 aromatic heterocycles. The van der Waals surface area contributed by atoms with Gasteiger partial charge in [0.05, 0.1) is 6.61 Å². The summed E-state index contributed by atoms with van der Waals surface area (Å²) in [7, 11) is 0. The maximum absolute atomic E-state index is 11.5. The molecule has 0 fully saturated rings. The summed E-state index contributed by atoms with van der Waals surface area (Å²) >= 11 is 0. The number of aliphatic hydroxyl groups excluding tert-OH is 1. The molecule has 23 heavy (non-hydrogen) atoms. The quantitative estimate of drug-likeness (QED) is 0.207. The maximum atomic E-state index is 11.5. The first kappa shape index (κ1) is 21.3. The van der Waals surface area contributed by atoms with Crippen molar-refractivity contribution >= 4 is 17.9 Å². The third-order valence-electron chi connectivity index (χ3n) is 3.49. The lowest BCUT2D eigenvalue weighted by Gasteiger charge is -2.19. The molecule has 0 aromatic carbocycles. The topological polar surface area (TPSA) is 133 Å². The van der Waals surface area contributed by atoms with E-state index in [1.165, 1.54) is 0 Å². The van der Waals surface area contributed by atoms with Crippen molar-refractivity contribution in [3.63, 3.8) is 0 Å². The lowest BCUT2D eigenvalue weighted by molar-refractivity contribution is -0.170. The highest BCUT2D eigenvalue weighted by atomic mass is 16.5. The van der Waals surface area contributed by atoms with E-state index in [-0.39, 0.29) is 13.0 Å². The van der Waals surface area contributed by atoms with Crippen molar-refractivity contribution in [2.45, 2.75) is 45.4 Å². The van der Waals surface area contributed by atoms with Crippen molar-refractivity contribution in [2.75, 3.05) is 26.3 Å². The van der Waals surface area contributed by atoms with E-state index in [0.29, 0.717) is 13.0 Å². The predicted molar refractivity (Wildman–Crippen MR) is 82.0 cm³/mol. The van der Waals surface area contributed by atoms with Gasteiger partial charge in [-0.3, -0.25) is 14.4 Å². The summed E-state index contributed by atoms with van der Waals surface area (Å²) in [5.74, 6) is -3.65. The Hall–Kier alpha value is -1.67. The fourth-order valence-electron chi connectivity index (χ4n) is 1.77. The zero-order valence-corrected chi connectivity index (χ0v) is 13.5. The van der Waals surface area contributed by atoms with Crippen LogP contribution in [0.25, 0.3) is 0 Å². The average molecular weight is 333 g/mol. The SMILES string of the molecule is CC(COC(=O)CCCCCCCNCCO)(C(=O)O)C(=O)O. The molecule has 0 spiro atoms. The van der Waals surface area contributed by atoms with E-state index in [1.54, 1.807) is 0 Å². The molecule has 0 radical (unpaired) electrons. The number of aliphatic carboxylic acids is 2. The smallest absolute Gasteiger partial charge is 0.324 e. The van der Waals surface area contributed by atoms with Gasteiger partial charge in [-0.1, -0.05) is 19.3 Å². The number of carbonyl (C=O) groups is 3. The first-order valence-electron chi connectivity index (χ1n) is 7.78. The number of ether oxygens (including phenoxy) is 1. The Kier molecular flexibility index (Phi) is 11.0. The summed E-state index contributed by atoms with van der Waals surface area (Å²) in [4.78, 5) is 33.3. The van der Waals surface area contributed by atoms with Gasteiger partial charge in [0.1, 0.15) is 6.61 Å². The van der Waals surface area contributed by atoms with Gasteiger partial charge in [0, 0.05) is 13.0 Å². The molecular weight excluding hydrogens is 306 g/mol. The molecule has 0 bridgehead atoms. The third kappa shape index (κ3) is 9.14. The number of unbranched alkanes of at least 4 members (excludes halogenated alkanes) is 4. The normalized spacial score (nSPS) is 11.2. The highest BCUT2D eigenvalue weighted by Crippen LogP contribution is 2.18. The monoisotopic (exact) mass is 333 g/mol. The van der Waals surface area contributed by atoms with Gasteiger partial charge in [0.15, 0.2) is 5.41 Å². The van der Waals surface area contributed by atoms with E-state index in [1.807, 2.05) is 0 Å². The standard InChI is InChI=1S/C15H27NO7/c1-15(13(19)20,14(21)22)11-23-12(18)7-5-3-2-4-6-8-16-9-10-17/h16-17H,2-11H2,1H3,(H,19,20)(H,21,22). The average Bonchev–Trinajstić information content (AvgIpc) is 2.50. The predicted octanol–water partition coefficient (Wildman–Crippen LogP) is 0.628. The minimum Gasteiger partial charge on any atom is -0.480 e. The van der Waals surface area contributed by atoms with Crippen LogP contribution >= 0.6 is 0 Å². The summed E-state index contributed by atoms with van der Waals surface area (Å²) < 4.78 is 4.77. The van der Waals surface area contributed by atoms with Gasteiger partial charge in [-0.25, -0.2) is 0 Å². The molecule has 4 N–H and O–H groups in total. The van der Waals surface area contributed by atoms with E-state index >= 15 is 0 Å². The first-order chi connectivity index (χ1) is 10.8. The van der Waals surface area contributed by atoms with Crippen LogP contribution in [0.2, 0.25) is 0 Å². The molecule has 0 unspecified atom stereocenters. The Morgan fingerprint density at radius 1 is 0.957 bits per heavy atom. The maximum Gasteiger partial charge on any atom is 0.324 e. The highest BCUT2D eigenvalue weighted by Gasteiger charge is 2.43. The molecule has 0 aliphatic carbocycles. The Morgan fingerprint density at radius 2 is 1.52 bits per heavy atom. The van der Waals surface area contributed by atoms with Gasteiger partial charge >= 0.3 is 17.9 Å². The lowest BCUT2D eigenvalue weighted by atomic mass is 9.92. The van der Waals surface area contributed by atoms with Crippen molar-refractivity contribution in [3.05, 3.63) is 0 Å². The molecule has 8 heteroatoms. The molecule has 0 aliphatic rings. The number of hydrogen-bond donors (Lipinski definition) is 4. The summed E-state index contributed by atoms with van der Waals surface area (Å²) in [6.45, 7) is 1.91. The van der Waals surface area contributed by atoms with E-state index in [9.17, 15) is 14.4 Å². The summed E-state index contributed by atoms with van der Waals surface area (Å²) in [6, 6.07) is 0. The zero-order valence-electron chi connectivity index (χ0n) is 13.5. The van der Waals surface area contributed by atoms with Gasteiger partial charge in [-0.15, -0.1) is 0 Å². The number of carboxylic acid groups (broad SMARTS) is 2. The largest absolute Gasteiger partial charge is 0.480 e. The summed E-state index contributed by atoms with van der Waals surface area (Å²) in [6.07, 6.45) is 4.61. The Bertz CT molecular complexity index is 370. The zero-order chi connectivity index (χ0) is 17.7. The lowest BCUT2D eigenvalue weighted by Crippen LogP contribution is -2.41. The van der Waals surface area contributed by atoms with Crippen LogP contribution in [0.5, 0.6) is 0 Å². The Balaban J connectivity index is 3.72. The first-order valence-corrected chi connectivity index (χ1v) is 7.78. The Morgan fingerprint density at radius 3 is 2.09 bits per heavy atom. The van der Waals surface area contributed by atoms with E-state index in [0.717, 1.165) is 39.2 Å². The molecular formula is C15H27NO7. The molecule has 8 nitrogen and oxygen atoms in total. The van der Waals surface area contributed by atoms with Crippen molar-refractivity contribution in [1.82, 2.24) is 5.32 Å². The molecule has 0 heterocycles. The van der Waals surface area contributed by atoms with Gasteiger partial charge in [0.2, 0.25) is 0 Å². The van der Waals surface area contributed by atoms with Gasteiger partial charge in [-0.05, 0) is 26.3 Å². The summed E-state index contributed by atoms with van der Waals surface area (Å²) in [5, 5.41) is 29.4. The molecule has 0 atom stereocenters. The van der Waals surface area contributed by atoms with Crippen LogP contribution in [0.15, 0.2) is 0 Å². The van der Waals surface area contributed by atoms with Crippen LogP contribution in [0.3, 0.4) is 0 Å². The second-order valence-corrected chi connectivity index (χ2v) is 5.59. The molecule has 0 aliphatic heterocycles. The Labute approximate surface area is 135 Å². The molecule has 134 valence electrons. The van der Waals surface area contributed by atoms with Crippen molar-refractivity contribution in [2.24, 2.45) is 5.41 Å².